The molecule has 20 heavy (non-hydrogen) atoms. The fraction of sp³-hybridized carbons (Fsp3) is 0.0769. The summed E-state index contributed by atoms with van der Waals surface area (Å²) in [4.78, 5) is 14.7. The molecule has 0 saturated carbocycles. The normalized spacial score (nSPS) is 12.6. The van der Waals surface area contributed by atoms with E-state index in [9.17, 15) is 13.2 Å². The van der Waals surface area contributed by atoms with Crippen LogP contribution in [0.5, 0.6) is 0 Å². The number of nitrogens with one attached hydrogen (secondary N) is 1. The van der Waals surface area contributed by atoms with Gasteiger partial charge in [-0.1, -0.05) is 24.3 Å². The van der Waals surface area contributed by atoms with E-state index in [0.717, 1.165) is 0 Å². The second-order valence-corrected chi connectivity index (χ2v) is 6.01. The van der Waals surface area contributed by atoms with Gasteiger partial charge >= 0.3 is 6.09 Å². The van der Waals surface area contributed by atoms with Crippen LogP contribution in [-0.4, -0.2) is 24.6 Å². The van der Waals surface area contributed by atoms with E-state index >= 15 is 0 Å². The van der Waals surface area contributed by atoms with Crippen molar-refractivity contribution in [3.05, 3.63) is 60.4 Å². The Kier molecular flexibility index (Phi) is 3.99. The predicted molar refractivity (Wildman–Crippen MR) is 71.8 cm³/mol. The number of benzene rings is 1. The van der Waals surface area contributed by atoms with E-state index in [1.165, 1.54) is 30.6 Å². The Morgan fingerprint density at radius 3 is 2.40 bits per heavy atom. The van der Waals surface area contributed by atoms with E-state index in [2.05, 4.69) is 4.98 Å². The van der Waals surface area contributed by atoms with Crippen molar-refractivity contribution in [1.82, 2.24) is 10.3 Å². The summed E-state index contributed by atoms with van der Waals surface area (Å²) in [5.41, 5.74) is 0.263. The lowest BCUT2D eigenvalue weighted by molar-refractivity contribution is 0.193. The van der Waals surface area contributed by atoms with Crippen LogP contribution >= 0.6 is 0 Å². The minimum absolute atomic E-state index is 0.0441. The van der Waals surface area contributed by atoms with E-state index in [1.54, 1.807) is 24.3 Å². The fourth-order valence-corrected chi connectivity index (χ4v) is 3.29. The van der Waals surface area contributed by atoms with Gasteiger partial charge in [-0.25, -0.2) is 13.2 Å². The number of carboxylic acid groups (broad SMARTS) is 1. The molecule has 0 aliphatic rings. The molecule has 1 heterocycles. The number of pyridine rings is 1. The first-order valence-electron chi connectivity index (χ1n) is 5.70. The van der Waals surface area contributed by atoms with Crippen molar-refractivity contribution in [3.8, 4) is 0 Å². The minimum Gasteiger partial charge on any atom is -0.465 e. The van der Waals surface area contributed by atoms with Gasteiger partial charge in [-0.3, -0.25) is 4.98 Å². The van der Waals surface area contributed by atoms with Crippen molar-refractivity contribution in [2.45, 2.75) is 10.3 Å². The van der Waals surface area contributed by atoms with E-state index < -0.39 is 21.3 Å². The summed E-state index contributed by atoms with van der Waals surface area (Å²) >= 11 is 0. The molecule has 2 N–H and O–H groups in total. The number of sulfone groups is 1. The van der Waals surface area contributed by atoms with E-state index in [4.69, 9.17) is 5.11 Å². The van der Waals surface area contributed by atoms with E-state index in [-0.39, 0.29) is 10.5 Å². The molecule has 0 aliphatic heterocycles. The summed E-state index contributed by atoms with van der Waals surface area (Å²) in [6.45, 7) is 0. The van der Waals surface area contributed by atoms with Gasteiger partial charge < -0.3 is 10.4 Å². The lowest BCUT2D eigenvalue weighted by Gasteiger charge is -2.17. The Bertz CT molecular complexity index is 687. The molecule has 0 spiro atoms. The number of hydrogen-bond acceptors (Lipinski definition) is 4. The highest BCUT2D eigenvalue weighted by atomic mass is 32.2. The minimum atomic E-state index is -3.88. The molecule has 2 rings (SSSR count). The van der Waals surface area contributed by atoms with Crippen LogP contribution in [0.25, 0.3) is 0 Å². The van der Waals surface area contributed by atoms with Gasteiger partial charge in [-0.2, -0.15) is 0 Å². The second kappa shape index (κ2) is 5.70. The van der Waals surface area contributed by atoms with Gasteiger partial charge in [-0.05, 0) is 18.2 Å². The Labute approximate surface area is 116 Å². The predicted octanol–water partition coefficient (Wildman–Crippen LogP) is 1.82. The van der Waals surface area contributed by atoms with Crippen molar-refractivity contribution in [2.75, 3.05) is 0 Å². The molecule has 1 aromatic heterocycles. The van der Waals surface area contributed by atoms with Crippen LogP contribution in [0, 0.1) is 0 Å². The molecule has 104 valence electrons. The largest absolute Gasteiger partial charge is 0.465 e. The Morgan fingerprint density at radius 2 is 1.85 bits per heavy atom. The molecule has 0 saturated heterocycles. The molecule has 1 amide bonds. The third-order valence-electron chi connectivity index (χ3n) is 2.62. The average Bonchev–Trinajstić information content (AvgIpc) is 2.46. The standard InChI is InChI=1S/C13H12N2O4S/c16-13(17)15-12(10-5-4-8-14-9-10)20(18,19)11-6-2-1-3-7-11/h1-9,12,15H,(H,16,17). The van der Waals surface area contributed by atoms with Crippen LogP contribution in [0.3, 0.4) is 0 Å². The summed E-state index contributed by atoms with van der Waals surface area (Å²) in [6, 6.07) is 10.7. The van der Waals surface area contributed by atoms with Crippen molar-refractivity contribution in [1.29, 1.82) is 0 Å². The van der Waals surface area contributed by atoms with Crippen LogP contribution in [0.15, 0.2) is 59.8 Å². The van der Waals surface area contributed by atoms with Crippen LogP contribution < -0.4 is 5.32 Å². The quantitative estimate of drug-likeness (QED) is 0.896. The first kappa shape index (κ1) is 14.0. The topological polar surface area (TPSA) is 96.4 Å². The zero-order valence-electron chi connectivity index (χ0n) is 10.3. The molecule has 6 nitrogen and oxygen atoms in total. The van der Waals surface area contributed by atoms with Gasteiger partial charge in [0.15, 0.2) is 5.37 Å². The zero-order chi connectivity index (χ0) is 14.6. The highest BCUT2D eigenvalue weighted by molar-refractivity contribution is 7.91. The van der Waals surface area contributed by atoms with Crippen LogP contribution in [-0.2, 0) is 9.84 Å². The van der Waals surface area contributed by atoms with Gasteiger partial charge in [-0.15, -0.1) is 0 Å². The molecule has 1 aromatic carbocycles. The van der Waals surface area contributed by atoms with Crippen molar-refractivity contribution in [3.63, 3.8) is 0 Å². The van der Waals surface area contributed by atoms with Gasteiger partial charge in [0.25, 0.3) is 0 Å². The second-order valence-electron chi connectivity index (χ2n) is 3.97. The van der Waals surface area contributed by atoms with Crippen molar-refractivity contribution in [2.24, 2.45) is 0 Å². The Hall–Kier alpha value is -2.41. The molecule has 0 fully saturated rings. The van der Waals surface area contributed by atoms with Crippen LogP contribution in [0.2, 0.25) is 0 Å². The number of nitrogens with zero attached hydrogens (tertiary/aromatic N) is 1. The monoisotopic (exact) mass is 292 g/mol. The number of carbonyl (C=O) groups is 1. The lowest BCUT2D eigenvalue weighted by atomic mass is 10.3. The maximum atomic E-state index is 12.5. The molecule has 0 aliphatic carbocycles. The number of rotatable bonds is 4. The first-order valence-corrected chi connectivity index (χ1v) is 7.25. The third-order valence-corrected chi connectivity index (χ3v) is 4.56. The van der Waals surface area contributed by atoms with Gasteiger partial charge in [0.05, 0.1) is 4.90 Å². The highest BCUT2D eigenvalue weighted by Gasteiger charge is 2.30. The highest BCUT2D eigenvalue weighted by Crippen LogP contribution is 2.25. The Balaban J connectivity index is 2.49. The number of amides is 1. The molecule has 0 bridgehead atoms. The van der Waals surface area contributed by atoms with Crippen LogP contribution in [0.4, 0.5) is 4.79 Å². The third kappa shape index (κ3) is 2.94. The molecular weight excluding hydrogens is 280 g/mol. The number of aromatic nitrogens is 1. The van der Waals surface area contributed by atoms with Crippen molar-refractivity contribution < 1.29 is 18.3 Å². The zero-order valence-corrected chi connectivity index (χ0v) is 11.1. The maximum Gasteiger partial charge on any atom is 0.405 e. The fourth-order valence-electron chi connectivity index (χ4n) is 1.73. The van der Waals surface area contributed by atoms with Gasteiger partial charge in [0.1, 0.15) is 0 Å². The molecule has 0 radical (unpaired) electrons. The van der Waals surface area contributed by atoms with Crippen molar-refractivity contribution >= 4 is 15.9 Å². The maximum absolute atomic E-state index is 12.5. The summed E-state index contributed by atoms with van der Waals surface area (Å²) in [5.74, 6) is 0. The van der Waals surface area contributed by atoms with E-state index in [1.807, 2.05) is 5.32 Å². The van der Waals surface area contributed by atoms with E-state index in [0.29, 0.717) is 0 Å². The average molecular weight is 292 g/mol. The smallest absolute Gasteiger partial charge is 0.405 e. The summed E-state index contributed by atoms with van der Waals surface area (Å²) in [7, 11) is -3.88. The van der Waals surface area contributed by atoms with Crippen LogP contribution in [0.1, 0.15) is 10.9 Å². The molecular formula is C13H12N2O4S. The summed E-state index contributed by atoms with van der Waals surface area (Å²) < 4.78 is 25.0. The number of hydrogen-bond donors (Lipinski definition) is 2. The van der Waals surface area contributed by atoms with Gasteiger partial charge in [0.2, 0.25) is 9.84 Å². The molecule has 1 unspecified atom stereocenters. The SMILES string of the molecule is O=C(O)NC(c1cccnc1)S(=O)(=O)c1ccccc1. The molecule has 7 heteroatoms. The lowest BCUT2D eigenvalue weighted by Crippen LogP contribution is -2.32. The molecule has 1 atom stereocenters. The Morgan fingerprint density at radius 1 is 1.15 bits per heavy atom. The van der Waals surface area contributed by atoms with Gasteiger partial charge in [0, 0.05) is 18.0 Å². The summed E-state index contributed by atoms with van der Waals surface area (Å²) in [5, 5.41) is 9.49. The first-order chi connectivity index (χ1) is 9.51. The molecule has 2 aromatic rings. The summed E-state index contributed by atoms with van der Waals surface area (Å²) in [6.07, 6.45) is 1.38.